The molecule has 2 aromatic heterocycles. The summed E-state index contributed by atoms with van der Waals surface area (Å²) in [7, 11) is 0. The van der Waals surface area contributed by atoms with Gasteiger partial charge in [-0.3, -0.25) is 0 Å². The van der Waals surface area contributed by atoms with Crippen LogP contribution < -0.4 is 0 Å². The molecule has 0 aliphatic rings. The summed E-state index contributed by atoms with van der Waals surface area (Å²) in [6.45, 7) is 6.29. The van der Waals surface area contributed by atoms with E-state index in [1.165, 1.54) is 12.3 Å². The van der Waals surface area contributed by atoms with Gasteiger partial charge in [-0.25, -0.2) is 9.37 Å². The monoisotopic (exact) mass is 194 g/mol. The smallest absolute Gasteiger partial charge is 0.142 e. The Labute approximate surface area is 83.7 Å². The maximum absolute atomic E-state index is 13.0. The lowest BCUT2D eigenvalue weighted by molar-refractivity contribution is 0.594. The minimum absolute atomic E-state index is 0. The first-order valence-electron chi connectivity index (χ1n) is 4.61. The Morgan fingerprint density at radius 2 is 2.14 bits per heavy atom. The first kappa shape index (κ1) is 9.19. The number of aromatic nitrogens is 2. The van der Waals surface area contributed by atoms with Gasteiger partial charge in [0.1, 0.15) is 11.5 Å². The second kappa shape index (κ2) is 2.80. The van der Waals surface area contributed by atoms with Gasteiger partial charge in [0.2, 0.25) is 0 Å². The molecule has 2 rings (SSSR count). The zero-order valence-electron chi connectivity index (χ0n) is 8.56. The maximum atomic E-state index is 13.0. The first-order valence-corrected chi connectivity index (χ1v) is 4.61. The van der Waals surface area contributed by atoms with Gasteiger partial charge in [-0.15, -0.1) is 0 Å². The van der Waals surface area contributed by atoms with Gasteiger partial charge in [-0.1, -0.05) is 20.8 Å². The lowest BCUT2D eigenvalue weighted by atomic mass is 9.87. The highest BCUT2D eigenvalue weighted by atomic mass is 19.1. The fourth-order valence-electron chi connectivity index (χ4n) is 1.60. The van der Waals surface area contributed by atoms with E-state index in [0.717, 1.165) is 16.6 Å². The standard InChI is InChI=1S/C11H13FN2.H2/c1-11(2,3)9-6-14-10-8(9)4-7(12)5-13-10;/h4-6H,1-3H3,(H,13,14);1H. The third-order valence-electron chi connectivity index (χ3n) is 2.31. The summed E-state index contributed by atoms with van der Waals surface area (Å²) in [4.78, 5) is 7.03. The minimum Gasteiger partial charge on any atom is -0.346 e. The highest BCUT2D eigenvalue weighted by Gasteiger charge is 2.18. The van der Waals surface area contributed by atoms with E-state index in [1.807, 2.05) is 6.20 Å². The van der Waals surface area contributed by atoms with Gasteiger partial charge in [0.15, 0.2) is 0 Å². The molecule has 2 nitrogen and oxygen atoms in total. The summed E-state index contributed by atoms with van der Waals surface area (Å²) in [5.41, 5.74) is 1.85. The zero-order chi connectivity index (χ0) is 10.3. The van der Waals surface area contributed by atoms with Crippen molar-refractivity contribution in [1.29, 1.82) is 0 Å². The number of H-pyrrole nitrogens is 1. The van der Waals surface area contributed by atoms with Crippen LogP contribution in [0, 0.1) is 5.82 Å². The van der Waals surface area contributed by atoms with Gasteiger partial charge in [-0.2, -0.15) is 0 Å². The Kier molecular flexibility index (Phi) is 1.84. The van der Waals surface area contributed by atoms with Crippen molar-refractivity contribution in [2.75, 3.05) is 0 Å². The molecule has 0 bridgehead atoms. The van der Waals surface area contributed by atoms with Gasteiger partial charge in [0.25, 0.3) is 0 Å². The van der Waals surface area contributed by atoms with Gasteiger partial charge < -0.3 is 4.98 Å². The Balaban J connectivity index is 0.00000112. The van der Waals surface area contributed by atoms with Crippen molar-refractivity contribution in [3.05, 3.63) is 29.8 Å². The molecule has 0 spiro atoms. The molecular weight excluding hydrogens is 179 g/mol. The van der Waals surface area contributed by atoms with E-state index in [1.54, 1.807) is 0 Å². The average molecular weight is 194 g/mol. The number of halogens is 1. The van der Waals surface area contributed by atoms with Crippen molar-refractivity contribution in [3.8, 4) is 0 Å². The molecule has 14 heavy (non-hydrogen) atoms. The molecular formula is C11H15FN2. The summed E-state index contributed by atoms with van der Waals surface area (Å²) >= 11 is 0. The van der Waals surface area contributed by atoms with Gasteiger partial charge in [-0.05, 0) is 17.0 Å². The molecule has 3 heteroatoms. The van der Waals surface area contributed by atoms with E-state index in [4.69, 9.17) is 0 Å². The highest BCUT2D eigenvalue weighted by Crippen LogP contribution is 2.29. The summed E-state index contributed by atoms with van der Waals surface area (Å²) < 4.78 is 13.0. The molecule has 0 aromatic carbocycles. The number of rotatable bonds is 0. The molecule has 0 fully saturated rings. The summed E-state index contributed by atoms with van der Waals surface area (Å²) in [5, 5.41) is 0.873. The molecule has 0 amide bonds. The predicted octanol–water partition coefficient (Wildman–Crippen LogP) is 3.25. The second-order valence-corrected chi connectivity index (χ2v) is 4.50. The fourth-order valence-corrected chi connectivity index (χ4v) is 1.60. The van der Waals surface area contributed by atoms with E-state index in [0.29, 0.717) is 0 Å². The molecule has 0 unspecified atom stereocenters. The molecule has 2 aromatic rings. The maximum Gasteiger partial charge on any atom is 0.142 e. The molecule has 0 saturated carbocycles. The van der Waals surface area contributed by atoms with Crippen LogP contribution in [0.25, 0.3) is 11.0 Å². The number of nitrogens with zero attached hydrogens (tertiary/aromatic N) is 1. The summed E-state index contributed by atoms with van der Waals surface area (Å²) in [6.07, 6.45) is 3.13. The topological polar surface area (TPSA) is 28.7 Å². The van der Waals surface area contributed by atoms with Crippen LogP contribution in [-0.2, 0) is 5.41 Å². The van der Waals surface area contributed by atoms with Crippen LogP contribution in [0.15, 0.2) is 18.5 Å². The number of aromatic amines is 1. The van der Waals surface area contributed by atoms with E-state index in [-0.39, 0.29) is 12.7 Å². The number of pyridine rings is 1. The van der Waals surface area contributed by atoms with Crippen LogP contribution in [0.1, 0.15) is 27.8 Å². The summed E-state index contributed by atoms with van der Waals surface area (Å²) in [6, 6.07) is 1.53. The van der Waals surface area contributed by atoms with Crippen LogP contribution in [0.5, 0.6) is 0 Å². The highest BCUT2D eigenvalue weighted by molar-refractivity contribution is 5.80. The van der Waals surface area contributed by atoms with Gasteiger partial charge in [0.05, 0.1) is 6.20 Å². The Bertz CT molecular complexity index is 471. The third kappa shape index (κ3) is 1.39. The van der Waals surface area contributed by atoms with Crippen molar-refractivity contribution in [2.45, 2.75) is 26.2 Å². The Hall–Kier alpha value is -1.38. The van der Waals surface area contributed by atoms with Crippen LogP contribution in [0.3, 0.4) is 0 Å². The molecule has 0 aliphatic carbocycles. The number of nitrogens with one attached hydrogen (secondary N) is 1. The SMILES string of the molecule is CC(C)(C)c1c[nH]c2ncc(F)cc12.[HH]. The minimum atomic E-state index is -0.289. The van der Waals surface area contributed by atoms with Gasteiger partial charge in [0, 0.05) is 13.0 Å². The predicted molar refractivity (Wildman–Crippen MR) is 56.9 cm³/mol. The van der Waals surface area contributed by atoms with Crippen LogP contribution in [0.4, 0.5) is 4.39 Å². The summed E-state index contributed by atoms with van der Waals surface area (Å²) in [5.74, 6) is -0.289. The molecule has 2 heterocycles. The van der Waals surface area contributed by atoms with Crippen molar-refractivity contribution >= 4 is 11.0 Å². The van der Waals surface area contributed by atoms with E-state index in [2.05, 4.69) is 30.7 Å². The van der Waals surface area contributed by atoms with Crippen molar-refractivity contribution in [2.24, 2.45) is 0 Å². The molecule has 1 N–H and O–H groups in total. The van der Waals surface area contributed by atoms with Crippen LogP contribution >= 0.6 is 0 Å². The molecule has 0 atom stereocenters. The molecule has 0 saturated heterocycles. The number of fused-ring (bicyclic) bond motifs is 1. The number of hydrogen-bond donors (Lipinski definition) is 1. The lowest BCUT2D eigenvalue weighted by Crippen LogP contribution is -2.09. The fraction of sp³-hybridized carbons (Fsp3) is 0.364. The molecule has 76 valence electrons. The Morgan fingerprint density at radius 3 is 2.79 bits per heavy atom. The lowest BCUT2D eigenvalue weighted by Gasteiger charge is -2.16. The zero-order valence-corrected chi connectivity index (χ0v) is 8.56. The quantitative estimate of drug-likeness (QED) is 0.685. The van der Waals surface area contributed by atoms with Crippen molar-refractivity contribution in [1.82, 2.24) is 9.97 Å². The third-order valence-corrected chi connectivity index (χ3v) is 2.31. The number of hydrogen-bond acceptors (Lipinski definition) is 1. The molecule has 0 aliphatic heterocycles. The largest absolute Gasteiger partial charge is 0.346 e. The van der Waals surface area contributed by atoms with Crippen molar-refractivity contribution in [3.63, 3.8) is 0 Å². The Morgan fingerprint density at radius 1 is 1.43 bits per heavy atom. The van der Waals surface area contributed by atoms with Gasteiger partial charge >= 0.3 is 0 Å². The first-order chi connectivity index (χ1) is 6.48. The second-order valence-electron chi connectivity index (χ2n) is 4.50. The average Bonchev–Trinajstić information content (AvgIpc) is 2.45. The van der Waals surface area contributed by atoms with Crippen molar-refractivity contribution < 1.29 is 5.82 Å². The van der Waals surface area contributed by atoms with Crippen LogP contribution in [0.2, 0.25) is 0 Å². The van der Waals surface area contributed by atoms with E-state index in [9.17, 15) is 4.39 Å². The van der Waals surface area contributed by atoms with E-state index < -0.39 is 0 Å². The van der Waals surface area contributed by atoms with E-state index >= 15 is 0 Å². The van der Waals surface area contributed by atoms with Crippen LogP contribution in [-0.4, -0.2) is 9.97 Å². The molecule has 0 radical (unpaired) electrons. The normalized spacial score (nSPS) is 12.3.